The maximum atomic E-state index is 12.5. The third-order valence-corrected chi connectivity index (χ3v) is 4.73. The molecule has 4 nitrogen and oxygen atoms in total. The van der Waals surface area contributed by atoms with E-state index in [0.717, 1.165) is 25.1 Å². The molecule has 0 saturated carbocycles. The van der Waals surface area contributed by atoms with Gasteiger partial charge in [-0.3, -0.25) is 9.69 Å². The molecule has 126 valence electrons. The standard InChI is InChI=1S/C20H25N3O/c1-15-9-10-17(21)12-19(15)20(24)22-13-18-8-5-11-23(18)14-16-6-3-2-4-7-16/h2-4,6-7,9-10,12,18H,5,8,11,13-14,21H2,1H3,(H,22,24). The van der Waals surface area contributed by atoms with Gasteiger partial charge in [-0.2, -0.15) is 0 Å². The van der Waals surface area contributed by atoms with Crippen molar-refractivity contribution >= 4 is 11.6 Å². The molecule has 4 heteroatoms. The molecule has 1 unspecified atom stereocenters. The fraction of sp³-hybridized carbons (Fsp3) is 0.350. The first kappa shape index (κ1) is 16.5. The summed E-state index contributed by atoms with van der Waals surface area (Å²) in [4.78, 5) is 14.9. The number of carbonyl (C=O) groups excluding carboxylic acids is 1. The summed E-state index contributed by atoms with van der Waals surface area (Å²) < 4.78 is 0. The third kappa shape index (κ3) is 3.95. The fourth-order valence-corrected chi connectivity index (χ4v) is 3.34. The SMILES string of the molecule is Cc1ccc(N)cc1C(=O)NCC1CCCN1Cc1ccccc1. The van der Waals surface area contributed by atoms with E-state index in [0.29, 0.717) is 23.8 Å². The zero-order chi connectivity index (χ0) is 16.9. The van der Waals surface area contributed by atoms with Crippen LogP contribution in [-0.2, 0) is 6.54 Å². The molecule has 1 saturated heterocycles. The van der Waals surface area contributed by atoms with Crippen LogP contribution in [0.2, 0.25) is 0 Å². The van der Waals surface area contributed by atoms with Gasteiger partial charge in [0.2, 0.25) is 0 Å². The molecule has 1 atom stereocenters. The predicted molar refractivity (Wildman–Crippen MR) is 97.8 cm³/mol. The van der Waals surface area contributed by atoms with Crippen LogP contribution in [0.3, 0.4) is 0 Å². The van der Waals surface area contributed by atoms with Gasteiger partial charge in [-0.25, -0.2) is 0 Å². The van der Waals surface area contributed by atoms with Crippen LogP contribution in [0.25, 0.3) is 0 Å². The van der Waals surface area contributed by atoms with E-state index in [-0.39, 0.29) is 5.91 Å². The first-order chi connectivity index (χ1) is 11.6. The number of nitrogens with one attached hydrogen (secondary N) is 1. The first-order valence-electron chi connectivity index (χ1n) is 8.56. The van der Waals surface area contributed by atoms with Crippen LogP contribution in [0.1, 0.15) is 34.3 Å². The maximum absolute atomic E-state index is 12.5. The van der Waals surface area contributed by atoms with Gasteiger partial charge in [-0.15, -0.1) is 0 Å². The molecule has 1 fully saturated rings. The van der Waals surface area contributed by atoms with Crippen LogP contribution < -0.4 is 11.1 Å². The zero-order valence-electron chi connectivity index (χ0n) is 14.2. The van der Waals surface area contributed by atoms with Gasteiger partial charge in [0.15, 0.2) is 0 Å². The Balaban J connectivity index is 1.59. The Morgan fingerprint density at radius 3 is 2.83 bits per heavy atom. The van der Waals surface area contributed by atoms with E-state index in [1.807, 2.05) is 25.1 Å². The van der Waals surface area contributed by atoms with Crippen LogP contribution in [0.4, 0.5) is 5.69 Å². The molecule has 0 aromatic heterocycles. The highest BCUT2D eigenvalue weighted by atomic mass is 16.1. The minimum absolute atomic E-state index is 0.0358. The van der Waals surface area contributed by atoms with E-state index in [9.17, 15) is 4.79 Å². The molecule has 24 heavy (non-hydrogen) atoms. The van der Waals surface area contributed by atoms with Crippen molar-refractivity contribution < 1.29 is 4.79 Å². The van der Waals surface area contributed by atoms with Crippen LogP contribution in [-0.4, -0.2) is 29.9 Å². The molecule has 0 spiro atoms. The molecular weight excluding hydrogens is 298 g/mol. The van der Waals surface area contributed by atoms with Gasteiger partial charge in [-0.05, 0) is 49.6 Å². The molecule has 1 heterocycles. The highest BCUT2D eigenvalue weighted by Gasteiger charge is 2.25. The Kier molecular flexibility index (Phi) is 5.16. The lowest BCUT2D eigenvalue weighted by Crippen LogP contribution is -2.40. The lowest BCUT2D eigenvalue weighted by molar-refractivity contribution is 0.0939. The van der Waals surface area contributed by atoms with E-state index in [4.69, 9.17) is 5.73 Å². The van der Waals surface area contributed by atoms with E-state index in [1.165, 1.54) is 12.0 Å². The Morgan fingerprint density at radius 2 is 2.04 bits per heavy atom. The monoisotopic (exact) mass is 323 g/mol. The van der Waals surface area contributed by atoms with Crippen LogP contribution in [0.15, 0.2) is 48.5 Å². The van der Waals surface area contributed by atoms with Crippen molar-refractivity contribution in [3.05, 3.63) is 65.2 Å². The molecule has 3 N–H and O–H groups in total. The summed E-state index contributed by atoms with van der Waals surface area (Å²) in [6.07, 6.45) is 2.31. The van der Waals surface area contributed by atoms with E-state index in [2.05, 4.69) is 34.5 Å². The van der Waals surface area contributed by atoms with Crippen molar-refractivity contribution in [3.8, 4) is 0 Å². The number of nitrogens with zero attached hydrogens (tertiary/aromatic N) is 1. The number of aryl methyl sites for hydroxylation is 1. The smallest absolute Gasteiger partial charge is 0.251 e. The van der Waals surface area contributed by atoms with Crippen molar-refractivity contribution in [1.29, 1.82) is 0 Å². The predicted octanol–water partition coefficient (Wildman–Crippen LogP) is 2.97. The molecule has 1 aliphatic rings. The lowest BCUT2D eigenvalue weighted by atomic mass is 10.1. The first-order valence-corrected chi connectivity index (χ1v) is 8.56. The van der Waals surface area contributed by atoms with E-state index < -0.39 is 0 Å². The Morgan fingerprint density at radius 1 is 1.25 bits per heavy atom. The molecular formula is C20H25N3O. The van der Waals surface area contributed by atoms with E-state index >= 15 is 0 Å². The van der Waals surface area contributed by atoms with Gasteiger partial charge in [0.25, 0.3) is 5.91 Å². The molecule has 2 aromatic carbocycles. The number of likely N-dealkylation sites (tertiary alicyclic amines) is 1. The Hall–Kier alpha value is -2.33. The van der Waals surface area contributed by atoms with Crippen LogP contribution in [0, 0.1) is 6.92 Å². The summed E-state index contributed by atoms with van der Waals surface area (Å²) in [5.41, 5.74) is 9.37. The summed E-state index contributed by atoms with van der Waals surface area (Å²) in [6, 6.07) is 16.4. The largest absolute Gasteiger partial charge is 0.399 e. The number of nitrogens with two attached hydrogens (primary N) is 1. The average molecular weight is 323 g/mol. The number of amides is 1. The fourth-order valence-electron chi connectivity index (χ4n) is 3.34. The van der Waals surface area contributed by atoms with Crippen molar-refractivity contribution in [2.24, 2.45) is 0 Å². The maximum Gasteiger partial charge on any atom is 0.251 e. The molecule has 2 aromatic rings. The van der Waals surface area contributed by atoms with Gasteiger partial charge in [0.1, 0.15) is 0 Å². The Bertz CT molecular complexity index is 699. The van der Waals surface area contributed by atoms with Crippen LogP contribution in [0.5, 0.6) is 0 Å². The summed E-state index contributed by atoms with van der Waals surface area (Å²) in [5.74, 6) is -0.0358. The minimum atomic E-state index is -0.0358. The number of anilines is 1. The van der Waals surface area contributed by atoms with Crippen LogP contribution >= 0.6 is 0 Å². The summed E-state index contributed by atoms with van der Waals surface area (Å²) in [7, 11) is 0. The zero-order valence-corrected chi connectivity index (χ0v) is 14.2. The second-order valence-electron chi connectivity index (χ2n) is 6.54. The molecule has 0 bridgehead atoms. The molecule has 0 radical (unpaired) electrons. The summed E-state index contributed by atoms with van der Waals surface area (Å²) in [6.45, 7) is 4.65. The average Bonchev–Trinajstić information content (AvgIpc) is 3.03. The highest BCUT2D eigenvalue weighted by molar-refractivity contribution is 5.96. The second-order valence-corrected chi connectivity index (χ2v) is 6.54. The summed E-state index contributed by atoms with van der Waals surface area (Å²) in [5, 5.41) is 3.09. The van der Waals surface area contributed by atoms with Gasteiger partial charge in [0.05, 0.1) is 0 Å². The number of hydrogen-bond acceptors (Lipinski definition) is 3. The van der Waals surface area contributed by atoms with Gasteiger partial charge < -0.3 is 11.1 Å². The highest BCUT2D eigenvalue weighted by Crippen LogP contribution is 2.20. The number of benzene rings is 2. The molecule has 1 amide bonds. The normalized spacial score (nSPS) is 17.8. The number of carbonyl (C=O) groups is 1. The number of nitrogen functional groups attached to an aromatic ring is 1. The van der Waals surface area contributed by atoms with Gasteiger partial charge >= 0.3 is 0 Å². The molecule has 3 rings (SSSR count). The minimum Gasteiger partial charge on any atom is -0.399 e. The third-order valence-electron chi connectivity index (χ3n) is 4.73. The second kappa shape index (κ2) is 7.49. The quantitative estimate of drug-likeness (QED) is 0.832. The van der Waals surface area contributed by atoms with Crippen molar-refractivity contribution in [2.45, 2.75) is 32.4 Å². The van der Waals surface area contributed by atoms with Crippen molar-refractivity contribution in [1.82, 2.24) is 10.2 Å². The lowest BCUT2D eigenvalue weighted by Gasteiger charge is -2.25. The number of rotatable bonds is 5. The van der Waals surface area contributed by atoms with Gasteiger partial charge in [-0.1, -0.05) is 36.4 Å². The Labute approximate surface area is 143 Å². The van der Waals surface area contributed by atoms with Crippen molar-refractivity contribution in [3.63, 3.8) is 0 Å². The van der Waals surface area contributed by atoms with Gasteiger partial charge in [0, 0.05) is 30.4 Å². The van der Waals surface area contributed by atoms with Crippen molar-refractivity contribution in [2.75, 3.05) is 18.8 Å². The molecule has 0 aliphatic carbocycles. The topological polar surface area (TPSA) is 58.4 Å². The number of hydrogen-bond donors (Lipinski definition) is 2. The molecule has 1 aliphatic heterocycles. The summed E-state index contributed by atoms with van der Waals surface area (Å²) >= 11 is 0. The van der Waals surface area contributed by atoms with E-state index in [1.54, 1.807) is 6.07 Å².